The average Bonchev–Trinajstić information content (AvgIpc) is 2.74. The molecular weight excluding hydrogens is 373 g/mol. The molecule has 1 saturated heterocycles. The van der Waals surface area contributed by atoms with Gasteiger partial charge in [0.05, 0.1) is 12.7 Å². The number of rotatable bonds is 8. The van der Waals surface area contributed by atoms with E-state index in [1.807, 2.05) is 6.92 Å². The first-order valence-corrected chi connectivity index (χ1v) is 10.9. The third-order valence-corrected chi connectivity index (χ3v) is 5.96. The van der Waals surface area contributed by atoms with Crippen molar-refractivity contribution in [2.45, 2.75) is 71.3 Å². The molecule has 0 spiro atoms. The zero-order valence-corrected chi connectivity index (χ0v) is 17.4. The average molecular weight is 405 g/mol. The summed E-state index contributed by atoms with van der Waals surface area (Å²) in [4.78, 5) is 0. The van der Waals surface area contributed by atoms with Gasteiger partial charge in [-0.15, -0.1) is 0 Å². The number of aryl methyl sites for hydroxylation is 1. The van der Waals surface area contributed by atoms with E-state index in [-0.39, 0.29) is 11.7 Å². The summed E-state index contributed by atoms with van der Waals surface area (Å²) in [5, 5.41) is 0. The van der Waals surface area contributed by atoms with E-state index < -0.39 is 17.5 Å². The van der Waals surface area contributed by atoms with Crippen LogP contribution in [0.3, 0.4) is 0 Å². The molecule has 4 heteroatoms. The van der Waals surface area contributed by atoms with Gasteiger partial charge in [-0.1, -0.05) is 57.4 Å². The zero-order chi connectivity index (χ0) is 20.8. The lowest BCUT2D eigenvalue weighted by Crippen LogP contribution is -2.21. The van der Waals surface area contributed by atoms with Crippen molar-refractivity contribution in [3.63, 3.8) is 0 Å². The summed E-state index contributed by atoms with van der Waals surface area (Å²) < 4.78 is 49.7. The molecule has 29 heavy (non-hydrogen) atoms. The second-order valence-corrected chi connectivity index (χ2v) is 8.15. The molecule has 2 aromatic rings. The minimum atomic E-state index is -0.904. The third kappa shape index (κ3) is 5.22. The van der Waals surface area contributed by atoms with Crippen LogP contribution in [0.5, 0.6) is 0 Å². The van der Waals surface area contributed by atoms with E-state index in [0.717, 1.165) is 32.1 Å². The molecule has 3 rings (SSSR count). The monoisotopic (exact) mass is 404 g/mol. The van der Waals surface area contributed by atoms with E-state index in [2.05, 4.69) is 6.92 Å². The second-order valence-electron chi connectivity index (χ2n) is 8.15. The first-order chi connectivity index (χ1) is 14.0. The van der Waals surface area contributed by atoms with Gasteiger partial charge in [-0.3, -0.25) is 0 Å². The molecule has 2 unspecified atom stereocenters. The normalized spacial score (nSPS) is 19.5. The van der Waals surface area contributed by atoms with Crippen molar-refractivity contribution in [3.05, 3.63) is 58.9 Å². The fourth-order valence-electron chi connectivity index (χ4n) is 4.10. The summed E-state index contributed by atoms with van der Waals surface area (Å²) in [7, 11) is 0. The summed E-state index contributed by atoms with van der Waals surface area (Å²) in [6.07, 6.45) is 7.31. The van der Waals surface area contributed by atoms with Gasteiger partial charge >= 0.3 is 0 Å². The number of ether oxygens (including phenoxy) is 1. The van der Waals surface area contributed by atoms with Crippen molar-refractivity contribution in [1.82, 2.24) is 0 Å². The number of unbranched alkanes of at least 4 members (excludes halogenated alkanes) is 2. The van der Waals surface area contributed by atoms with Crippen LogP contribution in [-0.4, -0.2) is 6.61 Å². The maximum atomic E-state index is 14.8. The van der Waals surface area contributed by atoms with Crippen LogP contribution < -0.4 is 0 Å². The number of benzene rings is 2. The van der Waals surface area contributed by atoms with Crippen LogP contribution in [0.2, 0.25) is 0 Å². The molecule has 1 aliphatic heterocycles. The van der Waals surface area contributed by atoms with Crippen LogP contribution in [0.1, 0.15) is 76.0 Å². The Morgan fingerprint density at radius 3 is 2.38 bits per heavy atom. The van der Waals surface area contributed by atoms with E-state index >= 15 is 0 Å². The van der Waals surface area contributed by atoms with Gasteiger partial charge in [0.15, 0.2) is 11.6 Å². The maximum Gasteiger partial charge on any atom is 0.166 e. The van der Waals surface area contributed by atoms with Crippen molar-refractivity contribution in [3.8, 4) is 11.1 Å². The van der Waals surface area contributed by atoms with Crippen LogP contribution in [0, 0.1) is 23.4 Å². The number of hydrogen-bond donors (Lipinski definition) is 0. The minimum absolute atomic E-state index is 0.0948. The Labute approximate surface area is 172 Å². The Bertz CT molecular complexity index is 810. The van der Waals surface area contributed by atoms with Gasteiger partial charge < -0.3 is 4.74 Å². The van der Waals surface area contributed by atoms with Gasteiger partial charge in [0.25, 0.3) is 0 Å². The van der Waals surface area contributed by atoms with E-state index in [1.54, 1.807) is 24.3 Å². The highest BCUT2D eigenvalue weighted by atomic mass is 19.2. The van der Waals surface area contributed by atoms with Gasteiger partial charge in [0, 0.05) is 11.1 Å². The largest absolute Gasteiger partial charge is 0.373 e. The van der Waals surface area contributed by atoms with Crippen molar-refractivity contribution in [2.24, 2.45) is 5.92 Å². The molecule has 1 aliphatic rings. The van der Waals surface area contributed by atoms with Crippen LogP contribution in [-0.2, 0) is 11.2 Å². The summed E-state index contributed by atoms with van der Waals surface area (Å²) in [6, 6.07) is 7.77. The van der Waals surface area contributed by atoms with Gasteiger partial charge in [-0.05, 0) is 55.2 Å². The standard InChI is InChI=1S/C25H31F3O/c1-3-5-7-17-9-14-23(29-16-17)21-13-11-19(15-22(21)26)20-12-10-18(8-6-4-2)24(27)25(20)28/h10-13,15,17,23H,3-9,14,16H2,1-2H3. The molecule has 1 fully saturated rings. The molecule has 0 saturated carbocycles. The number of hydrogen-bond acceptors (Lipinski definition) is 1. The Morgan fingerprint density at radius 2 is 1.72 bits per heavy atom. The Kier molecular flexibility index (Phi) is 7.77. The lowest BCUT2D eigenvalue weighted by atomic mass is 9.90. The molecule has 0 bridgehead atoms. The molecule has 0 amide bonds. The molecule has 1 nitrogen and oxygen atoms in total. The van der Waals surface area contributed by atoms with Crippen LogP contribution in [0.25, 0.3) is 11.1 Å². The molecule has 158 valence electrons. The maximum absolute atomic E-state index is 14.8. The van der Waals surface area contributed by atoms with Crippen molar-refractivity contribution < 1.29 is 17.9 Å². The summed E-state index contributed by atoms with van der Waals surface area (Å²) in [6.45, 7) is 4.84. The Hall–Kier alpha value is -1.81. The fourth-order valence-corrected chi connectivity index (χ4v) is 4.10. The Balaban J connectivity index is 1.74. The molecule has 2 atom stereocenters. The van der Waals surface area contributed by atoms with E-state index in [1.165, 1.54) is 18.9 Å². The predicted octanol–water partition coefficient (Wildman–Crippen LogP) is 7.77. The van der Waals surface area contributed by atoms with Gasteiger partial charge in [0.1, 0.15) is 5.82 Å². The van der Waals surface area contributed by atoms with Gasteiger partial charge in [-0.2, -0.15) is 0 Å². The summed E-state index contributed by atoms with van der Waals surface area (Å²) in [5.74, 6) is -1.60. The molecule has 0 N–H and O–H groups in total. The first kappa shape index (κ1) is 21.9. The third-order valence-electron chi connectivity index (χ3n) is 5.96. The highest BCUT2D eigenvalue weighted by molar-refractivity contribution is 5.65. The SMILES string of the molecule is CCCCc1ccc(-c2ccc(C3CCC(CCCC)CO3)c(F)c2)c(F)c1F. The zero-order valence-electron chi connectivity index (χ0n) is 17.4. The molecule has 2 aromatic carbocycles. The van der Waals surface area contributed by atoms with Crippen molar-refractivity contribution in [2.75, 3.05) is 6.61 Å². The summed E-state index contributed by atoms with van der Waals surface area (Å²) >= 11 is 0. The van der Waals surface area contributed by atoms with Gasteiger partial charge in [0.2, 0.25) is 0 Å². The van der Waals surface area contributed by atoms with Gasteiger partial charge in [-0.25, -0.2) is 13.2 Å². The fraction of sp³-hybridized carbons (Fsp3) is 0.520. The highest BCUT2D eigenvalue weighted by Crippen LogP contribution is 2.36. The lowest BCUT2D eigenvalue weighted by Gasteiger charge is -2.29. The van der Waals surface area contributed by atoms with Crippen molar-refractivity contribution >= 4 is 0 Å². The Morgan fingerprint density at radius 1 is 0.931 bits per heavy atom. The molecule has 0 radical (unpaired) electrons. The van der Waals surface area contributed by atoms with Crippen molar-refractivity contribution in [1.29, 1.82) is 0 Å². The molecular formula is C25H31F3O. The van der Waals surface area contributed by atoms with Crippen LogP contribution in [0.4, 0.5) is 13.2 Å². The van der Waals surface area contributed by atoms with E-state index in [0.29, 0.717) is 35.6 Å². The predicted molar refractivity (Wildman–Crippen MR) is 111 cm³/mol. The first-order valence-electron chi connectivity index (χ1n) is 10.9. The second kappa shape index (κ2) is 10.3. The molecule has 1 heterocycles. The lowest BCUT2D eigenvalue weighted by molar-refractivity contribution is -0.0214. The topological polar surface area (TPSA) is 9.23 Å². The summed E-state index contributed by atoms with van der Waals surface area (Å²) in [5.41, 5.74) is 1.32. The minimum Gasteiger partial charge on any atom is -0.373 e. The van der Waals surface area contributed by atoms with Crippen LogP contribution in [0.15, 0.2) is 30.3 Å². The molecule has 0 aliphatic carbocycles. The number of halogens is 3. The smallest absolute Gasteiger partial charge is 0.166 e. The van der Waals surface area contributed by atoms with E-state index in [9.17, 15) is 13.2 Å². The van der Waals surface area contributed by atoms with E-state index in [4.69, 9.17) is 4.74 Å². The highest BCUT2D eigenvalue weighted by Gasteiger charge is 2.25. The molecule has 0 aromatic heterocycles. The quantitative estimate of drug-likeness (QED) is 0.437. The van der Waals surface area contributed by atoms with Crippen LogP contribution >= 0.6 is 0 Å².